The molecule has 0 aliphatic rings. The van der Waals surface area contributed by atoms with E-state index in [2.05, 4.69) is 18.4 Å². The van der Waals surface area contributed by atoms with Crippen molar-refractivity contribution < 1.29 is 47.8 Å². The third kappa shape index (κ3) is 42.0. The molecule has 0 spiro atoms. The molecular formula is C42H83O10P. The number of unbranched alkanes of at least 4 members (excludes halogenated alkanes) is 28. The topological polar surface area (TPSA) is 149 Å². The highest BCUT2D eigenvalue weighted by atomic mass is 31.2. The highest BCUT2D eigenvalue weighted by molar-refractivity contribution is 7.46. The monoisotopic (exact) mass is 779 g/mol. The van der Waals surface area contributed by atoms with Crippen LogP contribution in [-0.4, -0.2) is 65.5 Å². The molecule has 2 atom stereocenters. The van der Waals surface area contributed by atoms with E-state index in [1.165, 1.54) is 154 Å². The van der Waals surface area contributed by atoms with Crippen LogP contribution in [0.3, 0.4) is 0 Å². The van der Waals surface area contributed by atoms with Gasteiger partial charge in [0.2, 0.25) is 0 Å². The molecule has 0 fully saturated rings. The van der Waals surface area contributed by atoms with E-state index in [1.807, 2.05) is 0 Å². The summed E-state index contributed by atoms with van der Waals surface area (Å²) in [5.74, 6) is -0.740. The summed E-state index contributed by atoms with van der Waals surface area (Å²) in [6.07, 6.45) is 35.8. The smallest absolute Gasteiger partial charge is 0.462 e. The molecule has 0 unspecified atom stereocenters. The number of aliphatic hydroxyl groups is 1. The lowest BCUT2D eigenvalue weighted by Crippen LogP contribution is -2.32. The first-order valence-electron chi connectivity index (χ1n) is 22.0. The molecule has 0 aliphatic heterocycles. The second kappa shape index (κ2) is 39.2. The Morgan fingerprint density at radius 3 is 1.17 bits per heavy atom. The average Bonchev–Trinajstić information content (AvgIpc) is 3.12. The third-order valence-corrected chi connectivity index (χ3v) is 10.2. The zero-order chi connectivity index (χ0) is 39.1. The Bertz CT molecular complexity index is 852. The minimum Gasteiger partial charge on any atom is -0.462 e. The first-order valence-corrected chi connectivity index (χ1v) is 23.5. The van der Waals surface area contributed by atoms with Crippen molar-refractivity contribution in [3.63, 3.8) is 0 Å². The van der Waals surface area contributed by atoms with Crippen molar-refractivity contribution in [1.29, 1.82) is 0 Å². The largest absolute Gasteiger partial charge is 0.469 e. The van der Waals surface area contributed by atoms with Crippen LogP contribution in [0.25, 0.3) is 0 Å². The molecule has 316 valence electrons. The molecule has 0 aliphatic carbocycles. The predicted molar refractivity (Wildman–Crippen MR) is 215 cm³/mol. The van der Waals surface area contributed by atoms with Crippen LogP contribution >= 0.6 is 7.82 Å². The maximum absolute atomic E-state index is 12.6. The predicted octanol–water partition coefficient (Wildman–Crippen LogP) is 11.5. The Morgan fingerprint density at radius 2 is 0.811 bits per heavy atom. The van der Waals surface area contributed by atoms with Gasteiger partial charge in [-0.15, -0.1) is 0 Å². The van der Waals surface area contributed by atoms with E-state index in [1.54, 1.807) is 0 Å². The fourth-order valence-electron chi connectivity index (χ4n) is 6.47. The molecule has 0 aromatic carbocycles. The Hall–Kier alpha value is -1.03. The van der Waals surface area contributed by atoms with Crippen LogP contribution in [0, 0.1) is 0 Å². The number of hydrogen-bond acceptors (Lipinski definition) is 8. The Morgan fingerprint density at radius 1 is 0.472 bits per heavy atom. The minimum absolute atomic E-state index is 0.135. The van der Waals surface area contributed by atoms with Crippen molar-refractivity contribution in [3.05, 3.63) is 0 Å². The molecule has 0 saturated heterocycles. The van der Waals surface area contributed by atoms with E-state index in [-0.39, 0.29) is 32.2 Å². The van der Waals surface area contributed by atoms with Crippen molar-refractivity contribution in [2.75, 3.05) is 26.4 Å². The van der Waals surface area contributed by atoms with Gasteiger partial charge in [0, 0.05) is 12.8 Å². The van der Waals surface area contributed by atoms with E-state index in [0.29, 0.717) is 6.42 Å². The number of aliphatic hydroxyl groups excluding tert-OH is 1. The molecule has 3 N–H and O–H groups in total. The van der Waals surface area contributed by atoms with Crippen LogP contribution in [0.4, 0.5) is 0 Å². The molecule has 0 bridgehead atoms. The van der Waals surface area contributed by atoms with E-state index in [9.17, 15) is 19.3 Å². The zero-order valence-corrected chi connectivity index (χ0v) is 35.2. The van der Waals surface area contributed by atoms with Crippen LogP contribution < -0.4 is 0 Å². The van der Waals surface area contributed by atoms with Gasteiger partial charge in [-0.1, -0.05) is 194 Å². The fraction of sp³-hybridized carbons (Fsp3) is 0.952. The summed E-state index contributed by atoms with van der Waals surface area (Å²) < 4.78 is 31.6. The van der Waals surface area contributed by atoms with Crippen LogP contribution in [-0.2, 0) is 32.9 Å². The van der Waals surface area contributed by atoms with E-state index < -0.39 is 32.6 Å². The maximum atomic E-state index is 12.6. The van der Waals surface area contributed by atoms with E-state index >= 15 is 0 Å². The van der Waals surface area contributed by atoms with Gasteiger partial charge in [0.15, 0.2) is 6.10 Å². The van der Waals surface area contributed by atoms with Gasteiger partial charge >= 0.3 is 19.8 Å². The summed E-state index contributed by atoms with van der Waals surface area (Å²) in [5, 5.41) is 9.90. The Kier molecular flexibility index (Phi) is 38.5. The highest BCUT2D eigenvalue weighted by Crippen LogP contribution is 2.35. The summed E-state index contributed by atoms with van der Waals surface area (Å²) in [6, 6.07) is 0. The van der Waals surface area contributed by atoms with Crippen molar-refractivity contribution in [2.45, 2.75) is 232 Å². The number of rotatable bonds is 42. The van der Waals surface area contributed by atoms with E-state index in [0.717, 1.165) is 38.5 Å². The molecule has 0 heterocycles. The third-order valence-electron chi connectivity index (χ3n) is 9.75. The van der Waals surface area contributed by atoms with Crippen LogP contribution in [0.5, 0.6) is 0 Å². The molecule has 0 amide bonds. The molecule has 0 radical (unpaired) electrons. The number of esters is 2. The molecule has 11 heteroatoms. The van der Waals surface area contributed by atoms with Crippen LogP contribution in [0.1, 0.15) is 219 Å². The zero-order valence-electron chi connectivity index (χ0n) is 34.3. The summed E-state index contributed by atoms with van der Waals surface area (Å²) >= 11 is 0. The average molecular weight is 779 g/mol. The highest BCUT2D eigenvalue weighted by Gasteiger charge is 2.20. The molecule has 0 aromatic heterocycles. The van der Waals surface area contributed by atoms with Crippen molar-refractivity contribution in [2.24, 2.45) is 0 Å². The summed E-state index contributed by atoms with van der Waals surface area (Å²) in [6.45, 7) is 3.32. The number of phosphoric acid groups is 1. The lowest BCUT2D eigenvalue weighted by atomic mass is 10.0. The molecule has 0 saturated carbocycles. The van der Waals surface area contributed by atoms with Gasteiger partial charge in [-0.2, -0.15) is 0 Å². The van der Waals surface area contributed by atoms with Gasteiger partial charge in [0.05, 0.1) is 19.8 Å². The molecule has 0 aromatic rings. The first-order chi connectivity index (χ1) is 25.7. The van der Waals surface area contributed by atoms with Crippen molar-refractivity contribution in [1.82, 2.24) is 0 Å². The van der Waals surface area contributed by atoms with Gasteiger partial charge in [-0.25, -0.2) is 4.57 Å². The summed E-state index contributed by atoms with van der Waals surface area (Å²) in [7, 11) is -4.71. The summed E-state index contributed by atoms with van der Waals surface area (Å²) in [4.78, 5) is 42.7. The maximum Gasteiger partial charge on any atom is 0.469 e. The number of carbonyl (C=O) groups is 2. The van der Waals surface area contributed by atoms with Crippen LogP contribution in [0.2, 0.25) is 0 Å². The second-order valence-corrected chi connectivity index (χ2v) is 16.4. The van der Waals surface area contributed by atoms with Gasteiger partial charge in [-0.05, 0) is 12.8 Å². The van der Waals surface area contributed by atoms with Crippen molar-refractivity contribution >= 4 is 19.8 Å². The molecule has 53 heavy (non-hydrogen) atoms. The Balaban J connectivity index is 4.17. The molecular weight excluding hydrogens is 695 g/mol. The number of hydrogen-bond donors (Lipinski definition) is 3. The minimum atomic E-state index is -4.71. The summed E-state index contributed by atoms with van der Waals surface area (Å²) in [5.41, 5.74) is 0. The standard InChI is InChI=1S/C42H83O10P/c1-3-5-7-9-11-13-15-17-19-21-23-25-27-29-31-33-41(44)50-38-40(37-49-35-39(43)36-51-53(46,47)48)52-42(45)34-32-30-28-26-24-22-20-18-16-14-12-10-8-6-4-2/h39-40,43H,3-38H2,1-2H3,(H2,46,47,48)/t39-,40+/m1/s1. The lowest BCUT2D eigenvalue weighted by molar-refractivity contribution is -0.163. The van der Waals surface area contributed by atoms with Gasteiger partial charge in [-0.3, -0.25) is 14.1 Å². The first kappa shape index (κ1) is 52.0. The van der Waals surface area contributed by atoms with Gasteiger partial charge in [0.1, 0.15) is 12.7 Å². The number of ether oxygens (including phenoxy) is 3. The Labute approximate surface area is 324 Å². The SMILES string of the molecule is CCCCCCCCCCCCCCCCCC(=O)OC[C@H](COC[C@@H](O)COP(=O)(O)O)OC(=O)CCCCCCCCCCCCCCCCC. The molecule has 10 nitrogen and oxygen atoms in total. The molecule has 0 rings (SSSR count). The second-order valence-electron chi connectivity index (χ2n) is 15.2. The fourth-order valence-corrected chi connectivity index (χ4v) is 6.83. The van der Waals surface area contributed by atoms with E-state index in [4.69, 9.17) is 24.0 Å². The van der Waals surface area contributed by atoms with Gasteiger partial charge in [0.25, 0.3) is 0 Å². The van der Waals surface area contributed by atoms with Crippen LogP contribution in [0.15, 0.2) is 0 Å². The number of carbonyl (C=O) groups excluding carboxylic acids is 2. The lowest BCUT2D eigenvalue weighted by Gasteiger charge is -2.19. The normalized spacial score (nSPS) is 12.9. The van der Waals surface area contributed by atoms with Gasteiger partial charge < -0.3 is 29.1 Å². The number of phosphoric ester groups is 1. The van der Waals surface area contributed by atoms with Crippen molar-refractivity contribution in [3.8, 4) is 0 Å². The quantitative estimate of drug-likeness (QED) is 0.0310.